The summed E-state index contributed by atoms with van der Waals surface area (Å²) >= 11 is 6.05. The fourth-order valence-electron chi connectivity index (χ4n) is 6.65. The van der Waals surface area contributed by atoms with E-state index >= 15 is 0 Å². The zero-order chi connectivity index (χ0) is 18.2. The molecule has 4 nitrogen and oxygen atoms in total. The van der Waals surface area contributed by atoms with Crippen LogP contribution < -0.4 is 5.32 Å². The van der Waals surface area contributed by atoms with Crippen LogP contribution in [0.1, 0.15) is 44.1 Å². The maximum atomic E-state index is 13.7. The zero-order valence-corrected chi connectivity index (χ0v) is 15.5. The zero-order valence-electron chi connectivity index (χ0n) is 14.8. The lowest BCUT2D eigenvalue weighted by Crippen LogP contribution is -2.65. The number of hydrogen-bond donors (Lipinski definition) is 2. The quantitative estimate of drug-likeness (QED) is 0.827. The van der Waals surface area contributed by atoms with Gasteiger partial charge in [-0.25, -0.2) is 9.18 Å². The molecule has 1 aromatic rings. The van der Waals surface area contributed by atoms with Crippen LogP contribution in [0.15, 0.2) is 18.2 Å². The molecule has 2 N–H and O–H groups in total. The first-order valence-electron chi connectivity index (χ1n) is 9.60. The summed E-state index contributed by atoms with van der Waals surface area (Å²) in [6.07, 6.45) is 3.62. The Morgan fingerprint density at radius 3 is 2.85 bits per heavy atom. The molecule has 26 heavy (non-hydrogen) atoms. The molecule has 1 aliphatic heterocycles. The molecule has 2 amide bonds. The highest BCUT2D eigenvalue weighted by atomic mass is 35.5. The van der Waals surface area contributed by atoms with Crippen LogP contribution in [0.2, 0.25) is 5.02 Å². The average Bonchev–Trinajstić information content (AvgIpc) is 2.87. The largest absolute Gasteiger partial charge is 0.389 e. The maximum absolute atomic E-state index is 13.7. The molecular formula is C20H24ClFN2O2. The number of nitrogens with one attached hydrogen (secondary N) is 1. The monoisotopic (exact) mass is 378 g/mol. The Balaban J connectivity index is 1.56. The second-order valence-electron chi connectivity index (χ2n) is 8.92. The van der Waals surface area contributed by atoms with Crippen molar-refractivity contribution in [2.45, 2.75) is 56.2 Å². The fraction of sp³-hybridized carbons (Fsp3) is 0.650. The van der Waals surface area contributed by atoms with Crippen LogP contribution in [0.25, 0.3) is 0 Å². The van der Waals surface area contributed by atoms with Crippen LogP contribution in [0.5, 0.6) is 0 Å². The van der Waals surface area contributed by atoms with E-state index in [9.17, 15) is 14.3 Å². The van der Waals surface area contributed by atoms with Crippen molar-refractivity contribution < 1.29 is 14.3 Å². The van der Waals surface area contributed by atoms with E-state index in [2.05, 4.69) is 5.32 Å². The normalized spacial score (nSPS) is 43.8. The van der Waals surface area contributed by atoms with Crippen molar-refractivity contribution in [3.63, 3.8) is 0 Å². The van der Waals surface area contributed by atoms with Crippen molar-refractivity contribution in [2.75, 3.05) is 6.54 Å². The Kier molecular flexibility index (Phi) is 3.61. The molecule has 4 aliphatic carbocycles. The molecule has 4 bridgehead atoms. The lowest BCUT2D eigenvalue weighted by Gasteiger charge is -2.63. The number of aliphatic hydroxyl groups is 1. The van der Waals surface area contributed by atoms with Gasteiger partial charge in [0.05, 0.1) is 10.6 Å². The summed E-state index contributed by atoms with van der Waals surface area (Å²) in [4.78, 5) is 14.5. The minimum absolute atomic E-state index is 0.0119. The second-order valence-corrected chi connectivity index (χ2v) is 9.33. The molecule has 7 unspecified atom stereocenters. The Morgan fingerprint density at radius 2 is 2.15 bits per heavy atom. The fourth-order valence-corrected chi connectivity index (χ4v) is 6.84. The Bertz CT molecular complexity index is 774. The van der Waals surface area contributed by atoms with E-state index < -0.39 is 11.4 Å². The predicted octanol–water partition coefficient (Wildman–Crippen LogP) is 3.53. The van der Waals surface area contributed by atoms with Gasteiger partial charge in [0.1, 0.15) is 5.82 Å². The van der Waals surface area contributed by atoms with Gasteiger partial charge >= 0.3 is 6.03 Å². The summed E-state index contributed by atoms with van der Waals surface area (Å²) in [7, 11) is 0. The van der Waals surface area contributed by atoms with Crippen LogP contribution in [0.3, 0.4) is 0 Å². The van der Waals surface area contributed by atoms with E-state index in [1.54, 1.807) is 12.1 Å². The predicted molar refractivity (Wildman–Crippen MR) is 96.5 cm³/mol. The number of urea groups is 1. The van der Waals surface area contributed by atoms with Crippen molar-refractivity contribution >= 4 is 17.6 Å². The third kappa shape index (κ3) is 2.32. The highest BCUT2D eigenvalue weighted by Crippen LogP contribution is 2.63. The van der Waals surface area contributed by atoms with Crippen molar-refractivity contribution in [3.05, 3.63) is 34.6 Å². The van der Waals surface area contributed by atoms with E-state index in [0.717, 1.165) is 31.4 Å². The number of benzene rings is 1. The van der Waals surface area contributed by atoms with Gasteiger partial charge in [-0.2, -0.15) is 0 Å². The molecule has 1 saturated heterocycles. The van der Waals surface area contributed by atoms with Crippen LogP contribution in [0.4, 0.5) is 9.18 Å². The smallest absolute Gasteiger partial charge is 0.318 e. The van der Waals surface area contributed by atoms with Crippen molar-refractivity contribution in [1.29, 1.82) is 0 Å². The van der Waals surface area contributed by atoms with E-state index in [0.29, 0.717) is 18.3 Å². The highest BCUT2D eigenvalue weighted by Gasteiger charge is 2.62. The van der Waals surface area contributed by atoms with Crippen LogP contribution >= 0.6 is 11.6 Å². The number of carbonyl (C=O) groups excluding carboxylic acids is 1. The van der Waals surface area contributed by atoms with E-state index in [-0.39, 0.29) is 35.0 Å². The Morgan fingerprint density at radius 1 is 1.35 bits per heavy atom. The van der Waals surface area contributed by atoms with Crippen molar-refractivity contribution in [2.24, 2.45) is 17.8 Å². The third-order valence-electron chi connectivity index (χ3n) is 7.19. The molecule has 1 heterocycles. The molecule has 0 radical (unpaired) electrons. The van der Waals surface area contributed by atoms with Gasteiger partial charge in [-0.05, 0) is 68.1 Å². The van der Waals surface area contributed by atoms with Crippen LogP contribution in [0, 0.1) is 23.6 Å². The summed E-state index contributed by atoms with van der Waals surface area (Å²) in [6, 6.07) is 5.14. The van der Waals surface area contributed by atoms with E-state index in [4.69, 9.17) is 11.6 Å². The molecule has 4 saturated carbocycles. The topological polar surface area (TPSA) is 52.6 Å². The number of hydrogen-bond acceptors (Lipinski definition) is 2. The first-order valence-corrected chi connectivity index (χ1v) is 9.98. The van der Waals surface area contributed by atoms with Crippen molar-refractivity contribution in [1.82, 2.24) is 10.2 Å². The molecule has 5 fully saturated rings. The summed E-state index contributed by atoms with van der Waals surface area (Å²) in [5.74, 6) is 0.539. The Hall–Kier alpha value is -1.33. The standard InChI is InChI=1S/C20H24ClFN2O2/c1-10-9-24(19(25)23-10)18-13-4-11-5-14(18)17(20(26,7-11)8-13)12-2-3-16(22)15(21)6-12/h2-3,6,10-11,13-14,17-18,26H,4-5,7-9H2,1H3,(H,23,25). The summed E-state index contributed by atoms with van der Waals surface area (Å²) in [6.45, 7) is 2.75. The number of carbonyl (C=O) groups is 1. The molecule has 1 aromatic carbocycles. The van der Waals surface area contributed by atoms with Gasteiger partial charge < -0.3 is 15.3 Å². The molecule has 0 spiro atoms. The van der Waals surface area contributed by atoms with Gasteiger partial charge in [0.25, 0.3) is 0 Å². The third-order valence-corrected chi connectivity index (χ3v) is 7.48. The van der Waals surface area contributed by atoms with E-state index in [1.807, 2.05) is 11.8 Å². The second kappa shape index (κ2) is 5.59. The lowest BCUT2D eigenvalue weighted by molar-refractivity contribution is -0.169. The number of halogens is 2. The number of nitrogens with zero attached hydrogens (tertiary/aromatic N) is 1. The average molecular weight is 379 g/mol. The summed E-state index contributed by atoms with van der Waals surface area (Å²) in [5.41, 5.74) is 0.135. The SMILES string of the molecule is CC1CN(C2C3CC4CC2C(c2ccc(F)c(Cl)c2)C(O)(C4)C3)C(=O)N1. The maximum Gasteiger partial charge on any atom is 0.318 e. The molecule has 5 aliphatic rings. The van der Waals surface area contributed by atoms with Gasteiger partial charge in [0.15, 0.2) is 0 Å². The highest BCUT2D eigenvalue weighted by molar-refractivity contribution is 6.30. The Labute approximate surface area is 157 Å². The van der Waals surface area contributed by atoms with E-state index in [1.165, 1.54) is 6.07 Å². The molecule has 6 heteroatoms. The number of rotatable bonds is 2. The van der Waals surface area contributed by atoms with Gasteiger partial charge in [-0.3, -0.25) is 0 Å². The molecule has 140 valence electrons. The van der Waals surface area contributed by atoms with Gasteiger partial charge in [-0.1, -0.05) is 17.7 Å². The minimum atomic E-state index is -0.768. The summed E-state index contributed by atoms with van der Waals surface area (Å²) in [5, 5.41) is 14.6. The molecule has 0 aromatic heterocycles. The first-order chi connectivity index (χ1) is 12.4. The van der Waals surface area contributed by atoms with Crippen molar-refractivity contribution in [3.8, 4) is 0 Å². The van der Waals surface area contributed by atoms with Crippen LogP contribution in [-0.4, -0.2) is 40.3 Å². The molecule has 7 atom stereocenters. The molecule has 6 rings (SSSR count). The van der Waals surface area contributed by atoms with Gasteiger partial charge in [-0.15, -0.1) is 0 Å². The molecular weight excluding hydrogens is 355 g/mol. The number of amides is 2. The van der Waals surface area contributed by atoms with Crippen LogP contribution in [-0.2, 0) is 0 Å². The minimum Gasteiger partial charge on any atom is -0.389 e. The first kappa shape index (κ1) is 16.8. The van der Waals surface area contributed by atoms with Gasteiger partial charge in [0, 0.05) is 24.5 Å². The summed E-state index contributed by atoms with van der Waals surface area (Å²) < 4.78 is 13.7. The lowest BCUT2D eigenvalue weighted by atomic mass is 9.46. The van der Waals surface area contributed by atoms with Gasteiger partial charge in [0.2, 0.25) is 0 Å².